The molecule has 0 bridgehead atoms. The molecule has 0 fully saturated rings. The fraction of sp³-hybridized carbons (Fsp3) is 1.00. The van der Waals surface area contributed by atoms with E-state index < -0.39 is 0 Å². The molecule has 0 aromatic heterocycles. The predicted molar refractivity (Wildman–Crippen MR) is 64.2 cm³/mol. The standard InChI is InChI=1S/C13H29N.ClH/c1-4-5-6-7-8-9-10-11-12-13(2,3)14;/h4-12,14H2,1-3H3;1H. The third-order valence-corrected chi connectivity index (χ3v) is 2.71. The minimum absolute atomic E-state index is 0. The molecule has 2 heteroatoms. The van der Waals surface area contributed by atoms with Gasteiger partial charge in [0.1, 0.15) is 0 Å². The van der Waals surface area contributed by atoms with Crippen LogP contribution in [0.2, 0.25) is 0 Å². The van der Waals surface area contributed by atoms with Gasteiger partial charge in [-0.25, -0.2) is 0 Å². The van der Waals surface area contributed by atoms with E-state index in [4.69, 9.17) is 0 Å². The number of rotatable bonds is 9. The monoisotopic (exact) mass is 235 g/mol. The van der Waals surface area contributed by atoms with Crippen LogP contribution >= 0.6 is 0 Å². The Morgan fingerprint density at radius 2 is 1.20 bits per heavy atom. The van der Waals surface area contributed by atoms with Crippen molar-refractivity contribution in [1.82, 2.24) is 0 Å². The zero-order chi connectivity index (χ0) is 10.9. The van der Waals surface area contributed by atoms with Crippen LogP contribution in [0.25, 0.3) is 0 Å². The van der Waals surface area contributed by atoms with E-state index >= 15 is 0 Å². The van der Waals surface area contributed by atoms with Gasteiger partial charge in [0, 0.05) is 6.42 Å². The summed E-state index contributed by atoms with van der Waals surface area (Å²) in [6.45, 7) is 6.73. The maximum atomic E-state index is 4.13. The molecule has 94 valence electrons. The first-order valence-corrected chi connectivity index (χ1v) is 6.41. The Bertz CT molecular complexity index is 118. The van der Waals surface area contributed by atoms with Crippen LogP contribution in [0.4, 0.5) is 0 Å². The Balaban J connectivity index is 0. The van der Waals surface area contributed by atoms with E-state index in [0.717, 1.165) is 0 Å². The lowest BCUT2D eigenvalue weighted by Gasteiger charge is -2.13. The van der Waals surface area contributed by atoms with Gasteiger partial charge >= 0.3 is 0 Å². The summed E-state index contributed by atoms with van der Waals surface area (Å²) in [5.41, 5.74) is 4.42. The molecule has 0 saturated heterocycles. The molecule has 1 nitrogen and oxygen atoms in total. The van der Waals surface area contributed by atoms with Crippen molar-refractivity contribution in [2.45, 2.75) is 84.1 Å². The molecule has 0 aliphatic rings. The van der Waals surface area contributed by atoms with Crippen molar-refractivity contribution in [3.05, 3.63) is 0 Å². The molecule has 0 spiro atoms. The molecule has 0 atom stereocenters. The van der Waals surface area contributed by atoms with Crippen LogP contribution in [0.15, 0.2) is 0 Å². The van der Waals surface area contributed by atoms with E-state index in [1.165, 1.54) is 57.8 Å². The maximum Gasteiger partial charge on any atom is 0.0889 e. The van der Waals surface area contributed by atoms with Crippen molar-refractivity contribution in [3.8, 4) is 0 Å². The highest BCUT2D eigenvalue weighted by atomic mass is 35.5. The third-order valence-electron chi connectivity index (χ3n) is 2.71. The van der Waals surface area contributed by atoms with Crippen molar-refractivity contribution < 1.29 is 18.1 Å². The first kappa shape index (κ1) is 17.6. The smallest absolute Gasteiger partial charge is 0.0889 e. The summed E-state index contributed by atoms with van der Waals surface area (Å²) in [4.78, 5) is 0. The molecular weight excluding hydrogens is 206 g/mol. The van der Waals surface area contributed by atoms with Gasteiger partial charge in [0.05, 0.1) is 5.54 Å². The van der Waals surface area contributed by atoms with Crippen LogP contribution in [0, 0.1) is 0 Å². The summed E-state index contributed by atoms with van der Waals surface area (Å²) in [6.07, 6.45) is 12.6. The lowest BCUT2D eigenvalue weighted by Crippen LogP contribution is -3.00. The van der Waals surface area contributed by atoms with Crippen LogP contribution < -0.4 is 18.1 Å². The average molecular weight is 236 g/mol. The van der Waals surface area contributed by atoms with Crippen LogP contribution in [0.5, 0.6) is 0 Å². The summed E-state index contributed by atoms with van der Waals surface area (Å²) in [5.74, 6) is 0. The number of hydrogen-bond acceptors (Lipinski definition) is 0. The number of unbranched alkanes of at least 4 members (excludes halogenated alkanes) is 7. The van der Waals surface area contributed by atoms with Crippen LogP contribution in [0.1, 0.15) is 78.6 Å². The van der Waals surface area contributed by atoms with E-state index in [9.17, 15) is 0 Å². The number of hydrogen-bond donors (Lipinski definition) is 1. The van der Waals surface area contributed by atoms with Gasteiger partial charge in [0.25, 0.3) is 0 Å². The maximum absolute atomic E-state index is 4.13. The first-order chi connectivity index (χ1) is 6.56. The molecule has 15 heavy (non-hydrogen) atoms. The molecule has 3 N–H and O–H groups in total. The van der Waals surface area contributed by atoms with Gasteiger partial charge in [-0.2, -0.15) is 0 Å². The highest BCUT2D eigenvalue weighted by Crippen LogP contribution is 2.12. The topological polar surface area (TPSA) is 27.6 Å². The number of quaternary nitrogens is 1. The normalized spacial score (nSPS) is 11.2. The SMILES string of the molecule is CCCCCCCCCCC(C)(C)[NH3+].[Cl-]. The lowest BCUT2D eigenvalue weighted by molar-refractivity contribution is -0.467. The molecule has 0 aromatic rings. The van der Waals surface area contributed by atoms with Crippen LogP contribution in [0.3, 0.4) is 0 Å². The molecule has 0 radical (unpaired) electrons. The molecule has 0 saturated carbocycles. The van der Waals surface area contributed by atoms with E-state index in [0.29, 0.717) is 5.54 Å². The summed E-state index contributed by atoms with van der Waals surface area (Å²) in [6, 6.07) is 0. The molecule has 0 aromatic carbocycles. The van der Waals surface area contributed by atoms with Gasteiger partial charge < -0.3 is 18.1 Å². The molecule has 0 rings (SSSR count). The summed E-state index contributed by atoms with van der Waals surface area (Å²) in [5, 5.41) is 0. The Labute approximate surface area is 103 Å². The molecule has 0 unspecified atom stereocenters. The highest BCUT2D eigenvalue weighted by Gasteiger charge is 2.12. The molecule has 0 aliphatic carbocycles. The summed E-state index contributed by atoms with van der Waals surface area (Å²) >= 11 is 0. The van der Waals surface area contributed by atoms with Crippen molar-refractivity contribution in [2.24, 2.45) is 0 Å². The molecule has 0 aliphatic heterocycles. The molecular formula is C13H30ClN. The fourth-order valence-electron chi connectivity index (χ4n) is 1.74. The summed E-state index contributed by atoms with van der Waals surface area (Å²) in [7, 11) is 0. The largest absolute Gasteiger partial charge is 1.00 e. The third kappa shape index (κ3) is 16.9. The molecule has 0 amide bonds. The Morgan fingerprint density at radius 3 is 1.60 bits per heavy atom. The van der Waals surface area contributed by atoms with Gasteiger partial charge in [0.15, 0.2) is 0 Å². The van der Waals surface area contributed by atoms with Gasteiger partial charge in [0.2, 0.25) is 0 Å². The Kier molecular flexibility index (Phi) is 12.6. The predicted octanol–water partition coefficient (Wildman–Crippen LogP) is 0.542. The van der Waals surface area contributed by atoms with E-state index in [1.807, 2.05) is 0 Å². The van der Waals surface area contributed by atoms with Crippen LogP contribution in [-0.4, -0.2) is 5.54 Å². The highest BCUT2D eigenvalue weighted by molar-refractivity contribution is 4.62. The second-order valence-electron chi connectivity index (χ2n) is 5.39. The van der Waals surface area contributed by atoms with Gasteiger partial charge in [-0.05, 0) is 20.3 Å². The second-order valence-corrected chi connectivity index (χ2v) is 5.39. The van der Waals surface area contributed by atoms with Gasteiger partial charge in [-0.1, -0.05) is 51.9 Å². The van der Waals surface area contributed by atoms with Gasteiger partial charge in [-0.15, -0.1) is 0 Å². The Hall–Kier alpha value is 0.250. The Morgan fingerprint density at radius 1 is 0.800 bits per heavy atom. The first-order valence-electron chi connectivity index (χ1n) is 6.41. The average Bonchev–Trinajstić information content (AvgIpc) is 2.08. The fourth-order valence-corrected chi connectivity index (χ4v) is 1.74. The van der Waals surface area contributed by atoms with Gasteiger partial charge in [-0.3, -0.25) is 0 Å². The van der Waals surface area contributed by atoms with Crippen molar-refractivity contribution in [3.63, 3.8) is 0 Å². The zero-order valence-corrected chi connectivity index (χ0v) is 11.7. The van der Waals surface area contributed by atoms with Crippen molar-refractivity contribution in [2.75, 3.05) is 0 Å². The van der Waals surface area contributed by atoms with E-state index in [-0.39, 0.29) is 12.4 Å². The van der Waals surface area contributed by atoms with Crippen LogP contribution in [-0.2, 0) is 0 Å². The minimum atomic E-state index is 0. The lowest BCUT2D eigenvalue weighted by atomic mass is 9.97. The van der Waals surface area contributed by atoms with E-state index in [1.54, 1.807) is 0 Å². The summed E-state index contributed by atoms with van der Waals surface area (Å²) < 4.78 is 0. The molecule has 0 heterocycles. The quantitative estimate of drug-likeness (QED) is 0.566. The number of halogens is 1. The zero-order valence-electron chi connectivity index (χ0n) is 10.9. The minimum Gasteiger partial charge on any atom is -1.00 e. The van der Waals surface area contributed by atoms with Crippen molar-refractivity contribution >= 4 is 0 Å². The second kappa shape index (κ2) is 10.8. The van der Waals surface area contributed by atoms with Crippen molar-refractivity contribution in [1.29, 1.82) is 0 Å². The van der Waals surface area contributed by atoms with E-state index in [2.05, 4.69) is 26.5 Å².